The van der Waals surface area contributed by atoms with Crippen molar-refractivity contribution in [3.63, 3.8) is 0 Å². The quantitative estimate of drug-likeness (QED) is 0.546. The average molecular weight is 367 g/mol. The first kappa shape index (κ1) is 16.0. The van der Waals surface area contributed by atoms with Crippen LogP contribution in [0.4, 0.5) is 5.13 Å². The number of nitrogens with one attached hydrogen (secondary N) is 2. The third kappa shape index (κ3) is 3.72. The number of thioether (sulfide) groups is 1. The lowest BCUT2D eigenvalue weighted by Gasteiger charge is -2.04. The summed E-state index contributed by atoms with van der Waals surface area (Å²) in [5, 5.41) is 12.0. The fourth-order valence-electron chi connectivity index (χ4n) is 1.98. The highest BCUT2D eigenvalue weighted by Gasteiger charge is 2.09. The van der Waals surface area contributed by atoms with Crippen LogP contribution in [0.25, 0.3) is 10.9 Å². The number of anilines is 1. The lowest BCUT2D eigenvalue weighted by atomic mass is 10.2. The molecule has 3 rings (SSSR count). The van der Waals surface area contributed by atoms with E-state index in [0.717, 1.165) is 5.69 Å². The molecular formula is C14H11ClN4O2S2. The molecule has 0 spiro atoms. The van der Waals surface area contributed by atoms with Crippen LogP contribution in [0.5, 0.6) is 0 Å². The van der Waals surface area contributed by atoms with Crippen molar-refractivity contribution in [3.8, 4) is 0 Å². The molecule has 0 unspecified atom stereocenters. The minimum atomic E-state index is -0.189. The summed E-state index contributed by atoms with van der Waals surface area (Å²) in [6.45, 7) is 1.41. The third-order valence-electron chi connectivity index (χ3n) is 2.91. The average Bonchev–Trinajstić information content (AvgIpc) is 2.93. The molecule has 0 atom stereocenters. The number of pyridine rings is 1. The number of halogens is 1. The number of fused-ring (bicyclic) bond motifs is 1. The Balaban J connectivity index is 1.79. The largest absolute Gasteiger partial charge is 0.356 e. The van der Waals surface area contributed by atoms with Gasteiger partial charge in [0.2, 0.25) is 11.0 Å². The van der Waals surface area contributed by atoms with Crippen LogP contribution in [-0.4, -0.2) is 21.1 Å². The highest BCUT2D eigenvalue weighted by atomic mass is 35.5. The molecule has 118 valence electrons. The van der Waals surface area contributed by atoms with Crippen molar-refractivity contribution >= 4 is 56.6 Å². The summed E-state index contributed by atoms with van der Waals surface area (Å²) in [4.78, 5) is 26.3. The highest BCUT2D eigenvalue weighted by Crippen LogP contribution is 2.28. The van der Waals surface area contributed by atoms with Gasteiger partial charge in [-0.3, -0.25) is 9.59 Å². The maximum absolute atomic E-state index is 12.1. The predicted octanol–water partition coefficient (Wildman–Crippen LogP) is 3.28. The SMILES string of the molecule is CC(=O)Nc1nnc(SCc2cc(=O)c3cccc(Cl)c3[nH]2)s1. The molecule has 0 saturated heterocycles. The topological polar surface area (TPSA) is 87.7 Å². The number of benzene rings is 1. The van der Waals surface area contributed by atoms with E-state index in [1.54, 1.807) is 24.3 Å². The number of carbonyl (C=O) groups is 1. The zero-order chi connectivity index (χ0) is 16.4. The van der Waals surface area contributed by atoms with E-state index >= 15 is 0 Å². The van der Waals surface area contributed by atoms with E-state index in [0.29, 0.717) is 31.1 Å². The molecular weight excluding hydrogens is 356 g/mol. The van der Waals surface area contributed by atoms with E-state index in [-0.39, 0.29) is 11.3 Å². The first-order chi connectivity index (χ1) is 11.0. The highest BCUT2D eigenvalue weighted by molar-refractivity contribution is 8.00. The van der Waals surface area contributed by atoms with Gasteiger partial charge < -0.3 is 10.3 Å². The molecule has 2 aromatic heterocycles. The van der Waals surface area contributed by atoms with Crippen molar-refractivity contribution in [1.82, 2.24) is 15.2 Å². The Kier molecular flexibility index (Phi) is 4.65. The Labute approximate surface area is 144 Å². The summed E-state index contributed by atoms with van der Waals surface area (Å²) in [5.41, 5.74) is 1.30. The number of rotatable bonds is 4. The van der Waals surface area contributed by atoms with Crippen LogP contribution >= 0.6 is 34.7 Å². The molecule has 2 heterocycles. The van der Waals surface area contributed by atoms with Crippen molar-refractivity contribution in [2.24, 2.45) is 0 Å². The molecule has 0 radical (unpaired) electrons. The molecule has 2 N–H and O–H groups in total. The summed E-state index contributed by atoms with van der Waals surface area (Å²) in [6.07, 6.45) is 0. The van der Waals surface area contributed by atoms with E-state index in [1.807, 2.05) is 0 Å². The third-order valence-corrected chi connectivity index (χ3v) is 5.25. The Morgan fingerprint density at radius 2 is 2.26 bits per heavy atom. The van der Waals surface area contributed by atoms with Crippen molar-refractivity contribution in [2.75, 3.05) is 5.32 Å². The maximum Gasteiger partial charge on any atom is 0.223 e. The maximum atomic E-state index is 12.1. The van der Waals surface area contributed by atoms with Crippen LogP contribution in [0, 0.1) is 0 Å². The second kappa shape index (κ2) is 6.69. The molecule has 6 nitrogen and oxygen atoms in total. The zero-order valence-corrected chi connectivity index (χ0v) is 14.3. The van der Waals surface area contributed by atoms with Crippen LogP contribution < -0.4 is 10.7 Å². The lowest BCUT2D eigenvalue weighted by molar-refractivity contribution is -0.114. The number of hydrogen-bond acceptors (Lipinski definition) is 6. The van der Waals surface area contributed by atoms with Crippen molar-refractivity contribution in [3.05, 3.63) is 45.2 Å². The van der Waals surface area contributed by atoms with Gasteiger partial charge in [-0.05, 0) is 12.1 Å². The molecule has 3 aromatic rings. The Morgan fingerprint density at radius 3 is 3.04 bits per heavy atom. The number of nitrogens with zero attached hydrogens (tertiary/aromatic N) is 2. The van der Waals surface area contributed by atoms with Gasteiger partial charge in [0.25, 0.3) is 0 Å². The second-order valence-corrected chi connectivity index (χ2v) is 7.27. The monoisotopic (exact) mass is 366 g/mol. The van der Waals surface area contributed by atoms with Gasteiger partial charge in [0, 0.05) is 29.8 Å². The van der Waals surface area contributed by atoms with Gasteiger partial charge in [0.05, 0.1) is 10.5 Å². The summed E-state index contributed by atoms with van der Waals surface area (Å²) < 4.78 is 0.703. The summed E-state index contributed by atoms with van der Waals surface area (Å²) >= 11 is 8.84. The van der Waals surface area contributed by atoms with Gasteiger partial charge in [-0.2, -0.15) is 0 Å². The number of amides is 1. The molecule has 1 amide bonds. The standard InChI is InChI=1S/C14H11ClN4O2S2/c1-7(20)16-13-18-19-14(23-13)22-6-8-5-11(21)9-3-2-4-10(15)12(9)17-8/h2-5H,6H2,1H3,(H,17,21)(H,16,18,20). The number of hydrogen-bond donors (Lipinski definition) is 2. The molecule has 0 fully saturated rings. The summed E-state index contributed by atoms with van der Waals surface area (Å²) in [6, 6.07) is 6.78. The number of aromatic amines is 1. The molecule has 0 aliphatic carbocycles. The molecule has 9 heteroatoms. The molecule has 1 aromatic carbocycles. The summed E-state index contributed by atoms with van der Waals surface area (Å²) in [7, 11) is 0. The van der Waals surface area contributed by atoms with Crippen molar-refractivity contribution in [1.29, 1.82) is 0 Å². The Hall–Kier alpha value is -1.90. The molecule has 0 aliphatic rings. The first-order valence-electron chi connectivity index (χ1n) is 6.57. The normalized spacial score (nSPS) is 10.9. The second-order valence-electron chi connectivity index (χ2n) is 4.66. The van der Waals surface area contributed by atoms with Gasteiger partial charge in [-0.15, -0.1) is 10.2 Å². The van der Waals surface area contributed by atoms with E-state index < -0.39 is 0 Å². The van der Waals surface area contributed by atoms with Gasteiger partial charge in [-0.1, -0.05) is 40.8 Å². The zero-order valence-electron chi connectivity index (χ0n) is 11.9. The summed E-state index contributed by atoms with van der Waals surface area (Å²) in [5.74, 6) is 0.330. The number of aromatic nitrogens is 3. The first-order valence-corrected chi connectivity index (χ1v) is 8.75. The van der Waals surface area contributed by atoms with Crippen LogP contribution in [0.3, 0.4) is 0 Å². The van der Waals surface area contributed by atoms with Crippen molar-refractivity contribution < 1.29 is 4.79 Å². The van der Waals surface area contributed by atoms with Gasteiger partial charge >= 0.3 is 0 Å². The lowest BCUT2D eigenvalue weighted by Crippen LogP contribution is -2.04. The number of carbonyl (C=O) groups excluding carboxylic acids is 1. The fourth-order valence-corrected chi connectivity index (χ4v) is 3.90. The van der Waals surface area contributed by atoms with E-state index in [4.69, 9.17) is 11.6 Å². The van der Waals surface area contributed by atoms with Crippen molar-refractivity contribution in [2.45, 2.75) is 17.0 Å². The number of H-pyrrole nitrogens is 1. The van der Waals surface area contributed by atoms with E-state index in [9.17, 15) is 9.59 Å². The van der Waals surface area contributed by atoms with Gasteiger partial charge in [0.1, 0.15) is 0 Å². The number of para-hydroxylation sites is 1. The smallest absolute Gasteiger partial charge is 0.223 e. The molecule has 23 heavy (non-hydrogen) atoms. The van der Waals surface area contributed by atoms with Gasteiger partial charge in [0.15, 0.2) is 9.77 Å². The van der Waals surface area contributed by atoms with E-state index in [2.05, 4.69) is 20.5 Å². The molecule has 0 aliphatic heterocycles. The molecule has 0 bridgehead atoms. The Morgan fingerprint density at radius 1 is 1.43 bits per heavy atom. The van der Waals surface area contributed by atoms with Crippen LogP contribution in [-0.2, 0) is 10.5 Å². The van der Waals surface area contributed by atoms with Crippen LogP contribution in [0.2, 0.25) is 5.02 Å². The minimum absolute atomic E-state index is 0.0759. The van der Waals surface area contributed by atoms with E-state index in [1.165, 1.54) is 30.0 Å². The molecule has 0 saturated carbocycles. The fraction of sp³-hybridized carbons (Fsp3) is 0.143. The Bertz CT molecular complexity index is 938. The van der Waals surface area contributed by atoms with Crippen LogP contribution in [0.1, 0.15) is 12.6 Å². The minimum Gasteiger partial charge on any atom is -0.356 e. The van der Waals surface area contributed by atoms with Gasteiger partial charge in [-0.25, -0.2) is 0 Å². The predicted molar refractivity (Wildman–Crippen MR) is 93.4 cm³/mol. The van der Waals surface area contributed by atoms with Crippen LogP contribution in [0.15, 0.2) is 33.4 Å².